The van der Waals surface area contributed by atoms with Crippen LogP contribution < -0.4 is 0 Å². The second kappa shape index (κ2) is 3.83. The maximum atomic E-state index is 12.9. The summed E-state index contributed by atoms with van der Waals surface area (Å²) in [6, 6.07) is 0. The molecule has 0 aliphatic heterocycles. The molecular weight excluding hydrogens is 182 g/mol. The van der Waals surface area contributed by atoms with Crippen LogP contribution in [0, 0.1) is 0 Å². The first-order valence-corrected chi connectivity index (χ1v) is 3.79. The number of carbonyl (C=O) groups is 1. The Morgan fingerprint density at radius 1 is 1.62 bits per heavy atom. The van der Waals surface area contributed by atoms with Crippen molar-refractivity contribution in [2.45, 2.75) is 31.3 Å². The number of carboxylic acid groups (broad SMARTS) is 1. The fourth-order valence-electron chi connectivity index (χ4n) is 0.954. The van der Waals surface area contributed by atoms with Gasteiger partial charge in [0.05, 0.1) is 0 Å². The number of aliphatic hydroxyl groups is 1. The summed E-state index contributed by atoms with van der Waals surface area (Å²) in [5.74, 6) is -6.53. The Morgan fingerprint density at radius 2 is 2.08 bits per heavy atom. The molecule has 0 radical (unpaired) electrons. The van der Waals surface area contributed by atoms with E-state index in [1.165, 1.54) is 0 Å². The quantitative estimate of drug-likeness (QED) is 0.651. The summed E-state index contributed by atoms with van der Waals surface area (Å²) in [4.78, 5) is 10.1. The molecule has 13 heavy (non-hydrogen) atoms. The number of hydrogen-bond donors (Lipinski definition) is 2. The van der Waals surface area contributed by atoms with Crippen LogP contribution in [0.2, 0.25) is 0 Å². The van der Waals surface area contributed by atoms with Gasteiger partial charge in [0, 0.05) is 0 Å². The highest BCUT2D eigenvalue weighted by Gasteiger charge is 2.56. The van der Waals surface area contributed by atoms with E-state index in [4.69, 9.17) is 5.11 Å². The summed E-state index contributed by atoms with van der Waals surface area (Å²) in [6.07, 6.45) is 0.478. The van der Waals surface area contributed by atoms with Crippen molar-refractivity contribution >= 4 is 5.97 Å². The molecule has 0 amide bonds. The maximum Gasteiger partial charge on any atom is 0.378 e. The summed E-state index contributed by atoms with van der Waals surface area (Å²) in [7, 11) is 0. The van der Waals surface area contributed by atoms with Crippen molar-refractivity contribution in [2.75, 3.05) is 0 Å². The maximum absolute atomic E-state index is 12.9. The molecule has 0 aromatic heterocycles. The number of halogens is 2. The lowest BCUT2D eigenvalue weighted by atomic mass is 9.90. The van der Waals surface area contributed by atoms with Gasteiger partial charge in [-0.05, 0) is 6.42 Å². The number of hydrogen-bond acceptors (Lipinski definition) is 2. The first-order valence-electron chi connectivity index (χ1n) is 3.79. The van der Waals surface area contributed by atoms with Crippen LogP contribution in [0.15, 0.2) is 12.7 Å². The lowest BCUT2D eigenvalue weighted by Gasteiger charge is -2.29. The second-order valence-electron chi connectivity index (χ2n) is 2.76. The van der Waals surface area contributed by atoms with Crippen LogP contribution in [0.4, 0.5) is 8.78 Å². The number of rotatable bonds is 5. The normalized spacial score (nSPS) is 16.3. The summed E-state index contributed by atoms with van der Waals surface area (Å²) in [5, 5.41) is 17.4. The lowest BCUT2D eigenvalue weighted by Crippen LogP contribution is -2.51. The fraction of sp³-hybridized carbons (Fsp3) is 0.625. The highest BCUT2D eigenvalue weighted by atomic mass is 19.3. The molecule has 0 saturated carbocycles. The third-order valence-corrected chi connectivity index (χ3v) is 1.78. The molecule has 0 spiro atoms. The van der Waals surface area contributed by atoms with E-state index in [0.29, 0.717) is 6.08 Å². The summed E-state index contributed by atoms with van der Waals surface area (Å²) in [6.45, 7) is 4.57. The molecular formula is C8H12F2O3. The molecule has 0 aliphatic carbocycles. The van der Waals surface area contributed by atoms with Crippen molar-refractivity contribution in [3.05, 3.63) is 12.7 Å². The molecule has 5 heteroatoms. The third kappa shape index (κ3) is 2.03. The van der Waals surface area contributed by atoms with Crippen molar-refractivity contribution in [2.24, 2.45) is 0 Å². The Kier molecular flexibility index (Phi) is 3.54. The predicted octanol–water partition coefficient (Wildman–Crippen LogP) is 1.42. The van der Waals surface area contributed by atoms with E-state index in [9.17, 15) is 18.7 Å². The van der Waals surface area contributed by atoms with Crippen molar-refractivity contribution in [3.8, 4) is 0 Å². The molecule has 0 fully saturated rings. The van der Waals surface area contributed by atoms with Gasteiger partial charge in [-0.25, -0.2) is 4.79 Å². The van der Waals surface area contributed by atoms with Gasteiger partial charge in [0.25, 0.3) is 0 Å². The van der Waals surface area contributed by atoms with Gasteiger partial charge in [-0.15, -0.1) is 0 Å². The van der Waals surface area contributed by atoms with Crippen LogP contribution in [-0.4, -0.2) is 27.7 Å². The Balaban J connectivity index is 4.93. The summed E-state index contributed by atoms with van der Waals surface area (Å²) < 4.78 is 25.7. The zero-order chi connectivity index (χ0) is 10.7. The van der Waals surface area contributed by atoms with Gasteiger partial charge >= 0.3 is 11.9 Å². The van der Waals surface area contributed by atoms with Crippen LogP contribution in [0.5, 0.6) is 0 Å². The number of alkyl halides is 2. The minimum atomic E-state index is -4.19. The summed E-state index contributed by atoms with van der Waals surface area (Å²) >= 11 is 0. The van der Waals surface area contributed by atoms with Gasteiger partial charge in [-0.2, -0.15) is 8.78 Å². The Hall–Kier alpha value is -0.970. The zero-order valence-electron chi connectivity index (χ0n) is 7.26. The zero-order valence-corrected chi connectivity index (χ0v) is 7.26. The van der Waals surface area contributed by atoms with E-state index < -0.39 is 17.5 Å². The molecule has 0 saturated heterocycles. The lowest BCUT2D eigenvalue weighted by molar-refractivity contribution is -0.198. The predicted molar refractivity (Wildman–Crippen MR) is 42.6 cm³/mol. The monoisotopic (exact) mass is 194 g/mol. The van der Waals surface area contributed by atoms with Crippen LogP contribution in [-0.2, 0) is 4.79 Å². The van der Waals surface area contributed by atoms with E-state index >= 15 is 0 Å². The molecule has 0 bridgehead atoms. The molecule has 2 N–H and O–H groups in total. The van der Waals surface area contributed by atoms with Crippen LogP contribution in [0.3, 0.4) is 0 Å². The van der Waals surface area contributed by atoms with Gasteiger partial charge < -0.3 is 10.2 Å². The SMILES string of the molecule is C=CC(O)(CCC)C(F)(F)C(=O)O. The Morgan fingerprint density at radius 3 is 2.31 bits per heavy atom. The molecule has 0 rings (SSSR count). The smallest absolute Gasteiger partial charge is 0.378 e. The van der Waals surface area contributed by atoms with Crippen LogP contribution in [0.25, 0.3) is 0 Å². The topological polar surface area (TPSA) is 57.5 Å². The largest absolute Gasteiger partial charge is 0.477 e. The standard InChI is InChI=1S/C8H12F2O3/c1-3-5-7(13,4-2)8(9,10)6(11)12/h4,13H,2-3,5H2,1H3,(H,11,12). The highest BCUT2D eigenvalue weighted by Crippen LogP contribution is 2.33. The molecule has 3 nitrogen and oxygen atoms in total. The molecule has 1 unspecified atom stereocenters. The Bertz CT molecular complexity index is 215. The summed E-state index contributed by atoms with van der Waals surface area (Å²) in [5.41, 5.74) is -2.66. The third-order valence-electron chi connectivity index (χ3n) is 1.78. The van der Waals surface area contributed by atoms with Crippen molar-refractivity contribution < 1.29 is 23.8 Å². The average Bonchev–Trinajstić information content (AvgIpc) is 2.04. The number of aliphatic carboxylic acids is 1. The van der Waals surface area contributed by atoms with Gasteiger partial charge in [-0.1, -0.05) is 26.0 Å². The average molecular weight is 194 g/mol. The van der Waals surface area contributed by atoms with Gasteiger partial charge in [0.2, 0.25) is 0 Å². The van der Waals surface area contributed by atoms with E-state index in [1.54, 1.807) is 6.92 Å². The van der Waals surface area contributed by atoms with Crippen molar-refractivity contribution in [1.82, 2.24) is 0 Å². The van der Waals surface area contributed by atoms with Gasteiger partial charge in [0.15, 0.2) is 5.60 Å². The van der Waals surface area contributed by atoms with Crippen LogP contribution >= 0.6 is 0 Å². The Labute approximate surface area is 74.7 Å². The number of carboxylic acids is 1. The molecule has 1 atom stereocenters. The molecule has 0 aliphatic rings. The molecule has 0 heterocycles. The highest BCUT2D eigenvalue weighted by molar-refractivity contribution is 5.77. The first-order chi connectivity index (χ1) is 5.81. The minimum Gasteiger partial charge on any atom is -0.477 e. The fourth-order valence-corrected chi connectivity index (χ4v) is 0.954. The van der Waals surface area contributed by atoms with E-state index in [2.05, 4.69) is 6.58 Å². The minimum absolute atomic E-state index is 0.241. The van der Waals surface area contributed by atoms with Gasteiger partial charge in [0.1, 0.15) is 0 Å². The van der Waals surface area contributed by atoms with Gasteiger partial charge in [-0.3, -0.25) is 0 Å². The molecule has 0 aromatic rings. The van der Waals surface area contributed by atoms with Crippen molar-refractivity contribution in [3.63, 3.8) is 0 Å². The second-order valence-corrected chi connectivity index (χ2v) is 2.76. The van der Waals surface area contributed by atoms with E-state index in [1.807, 2.05) is 0 Å². The molecule has 0 aromatic carbocycles. The van der Waals surface area contributed by atoms with E-state index in [0.717, 1.165) is 0 Å². The molecule has 76 valence electrons. The first kappa shape index (κ1) is 12.0. The van der Waals surface area contributed by atoms with Crippen molar-refractivity contribution in [1.29, 1.82) is 0 Å². The van der Waals surface area contributed by atoms with E-state index in [-0.39, 0.29) is 12.8 Å². The van der Waals surface area contributed by atoms with Crippen LogP contribution in [0.1, 0.15) is 19.8 Å².